The van der Waals surface area contributed by atoms with Gasteiger partial charge >= 0.3 is 0 Å². The molecule has 21 heavy (non-hydrogen) atoms. The molecule has 0 bridgehead atoms. The molecule has 1 fully saturated rings. The number of nitrogens with zero attached hydrogens (tertiary/aromatic N) is 2. The zero-order valence-electron chi connectivity index (χ0n) is 12.1. The third-order valence-electron chi connectivity index (χ3n) is 4.02. The number of hydrogen-bond donors (Lipinski definition) is 2. The van der Waals surface area contributed by atoms with Gasteiger partial charge in [0, 0.05) is 13.5 Å². The van der Waals surface area contributed by atoms with Crippen LogP contribution in [0.4, 0.5) is 0 Å². The molecule has 3 heterocycles. The number of likely N-dealkylation sites (N-methyl/N-ethyl adjacent to an activating group) is 1. The molecule has 0 aromatic carbocycles. The van der Waals surface area contributed by atoms with Gasteiger partial charge in [-0.1, -0.05) is 6.07 Å². The molecule has 1 aromatic heterocycles. The first-order valence-corrected chi connectivity index (χ1v) is 9.03. The van der Waals surface area contributed by atoms with E-state index in [1.165, 1.54) is 0 Å². The van der Waals surface area contributed by atoms with Crippen LogP contribution in [0.3, 0.4) is 0 Å². The number of carbonyl (C=O) groups is 2. The molecular weight excluding hydrogens is 324 g/mol. The maximum atomic E-state index is 12.5. The SMILES string of the molecule is CC1=C(c2cccs2)N2C(=O)C(C)N(C)C(=O)C2C1.SS. The fourth-order valence-corrected chi connectivity index (χ4v) is 3.68. The average Bonchev–Trinajstić information content (AvgIpc) is 3.12. The van der Waals surface area contributed by atoms with Crippen LogP contribution in [0.25, 0.3) is 5.70 Å². The van der Waals surface area contributed by atoms with E-state index in [-0.39, 0.29) is 23.9 Å². The smallest absolute Gasteiger partial charge is 0.250 e. The van der Waals surface area contributed by atoms with Crippen molar-refractivity contribution in [1.82, 2.24) is 9.80 Å². The summed E-state index contributed by atoms with van der Waals surface area (Å²) in [7, 11) is 1.71. The summed E-state index contributed by atoms with van der Waals surface area (Å²) >= 11 is 8.05. The van der Waals surface area contributed by atoms with Gasteiger partial charge < -0.3 is 4.90 Å². The van der Waals surface area contributed by atoms with Crippen molar-refractivity contribution in [3.05, 3.63) is 28.0 Å². The molecule has 0 saturated carbocycles. The monoisotopic (exact) mass is 342 g/mol. The lowest BCUT2D eigenvalue weighted by Crippen LogP contribution is -2.60. The Morgan fingerprint density at radius 3 is 2.52 bits per heavy atom. The molecule has 2 aliphatic heterocycles. The summed E-state index contributed by atoms with van der Waals surface area (Å²) in [4.78, 5) is 29.2. The van der Waals surface area contributed by atoms with Crippen molar-refractivity contribution in [2.45, 2.75) is 32.4 Å². The first-order valence-electron chi connectivity index (χ1n) is 6.55. The van der Waals surface area contributed by atoms with Crippen molar-refractivity contribution in [1.29, 1.82) is 0 Å². The van der Waals surface area contributed by atoms with Crippen LogP contribution in [0.1, 0.15) is 25.1 Å². The summed E-state index contributed by atoms with van der Waals surface area (Å²) < 4.78 is 0. The Labute approximate surface area is 139 Å². The molecule has 2 amide bonds. The van der Waals surface area contributed by atoms with E-state index in [0.717, 1.165) is 16.1 Å². The second-order valence-electron chi connectivity index (χ2n) is 5.16. The number of carbonyl (C=O) groups excluding carboxylic acids is 2. The van der Waals surface area contributed by atoms with Crippen molar-refractivity contribution in [2.24, 2.45) is 0 Å². The second kappa shape index (κ2) is 6.46. The van der Waals surface area contributed by atoms with Gasteiger partial charge in [-0.05, 0) is 30.9 Å². The largest absolute Gasteiger partial charge is 0.332 e. The number of thiol groups is 2. The van der Waals surface area contributed by atoms with Crippen LogP contribution in [-0.2, 0) is 9.59 Å². The highest BCUT2D eigenvalue weighted by Crippen LogP contribution is 2.40. The van der Waals surface area contributed by atoms with E-state index in [1.807, 2.05) is 24.4 Å². The topological polar surface area (TPSA) is 40.6 Å². The van der Waals surface area contributed by atoms with Crippen molar-refractivity contribution < 1.29 is 9.59 Å². The minimum Gasteiger partial charge on any atom is -0.332 e. The maximum Gasteiger partial charge on any atom is 0.250 e. The van der Waals surface area contributed by atoms with Gasteiger partial charge in [0.15, 0.2) is 0 Å². The molecule has 1 aromatic rings. The minimum atomic E-state index is -0.385. The Balaban J connectivity index is 0.000000774. The molecule has 2 aliphatic rings. The normalized spacial score (nSPS) is 25.0. The van der Waals surface area contributed by atoms with Gasteiger partial charge in [0.05, 0.1) is 10.6 Å². The second-order valence-corrected chi connectivity index (χ2v) is 6.11. The minimum absolute atomic E-state index is 0.0207. The van der Waals surface area contributed by atoms with Crippen molar-refractivity contribution in [3.63, 3.8) is 0 Å². The first-order chi connectivity index (χ1) is 10.0. The van der Waals surface area contributed by atoms with Crippen LogP contribution >= 0.6 is 34.7 Å². The third kappa shape index (κ3) is 2.62. The molecule has 3 rings (SSSR count). The number of fused-ring (bicyclic) bond motifs is 1. The lowest BCUT2D eigenvalue weighted by atomic mass is 10.1. The van der Waals surface area contributed by atoms with E-state index in [0.29, 0.717) is 6.42 Å². The predicted molar refractivity (Wildman–Crippen MR) is 92.4 cm³/mol. The van der Waals surface area contributed by atoms with Gasteiger partial charge in [0.2, 0.25) is 11.8 Å². The lowest BCUT2D eigenvalue weighted by Gasteiger charge is -2.40. The first kappa shape index (κ1) is 16.5. The fraction of sp³-hybridized carbons (Fsp3) is 0.429. The van der Waals surface area contributed by atoms with E-state index in [1.54, 1.807) is 35.1 Å². The predicted octanol–water partition coefficient (Wildman–Crippen LogP) is 2.70. The van der Waals surface area contributed by atoms with Crippen LogP contribution in [0.15, 0.2) is 23.1 Å². The van der Waals surface area contributed by atoms with Crippen molar-refractivity contribution in [3.8, 4) is 0 Å². The number of piperazine rings is 1. The summed E-state index contributed by atoms with van der Waals surface area (Å²) in [5.41, 5.74) is 2.06. The van der Waals surface area contributed by atoms with Gasteiger partial charge in [-0.15, -0.1) is 34.7 Å². The Hall–Kier alpha value is -0.920. The van der Waals surface area contributed by atoms with Gasteiger partial charge in [-0.2, -0.15) is 0 Å². The molecule has 114 valence electrons. The van der Waals surface area contributed by atoms with Crippen molar-refractivity contribution >= 4 is 52.2 Å². The summed E-state index contributed by atoms with van der Waals surface area (Å²) in [6.45, 7) is 3.80. The molecule has 4 nitrogen and oxygen atoms in total. The summed E-state index contributed by atoms with van der Waals surface area (Å²) in [6, 6.07) is 3.25. The van der Waals surface area contributed by atoms with Crippen LogP contribution in [0.2, 0.25) is 0 Å². The van der Waals surface area contributed by atoms with Crippen LogP contribution < -0.4 is 0 Å². The summed E-state index contributed by atoms with van der Waals surface area (Å²) in [6.07, 6.45) is 0.648. The molecule has 2 atom stereocenters. The highest BCUT2D eigenvalue weighted by molar-refractivity contribution is 8.59. The summed E-state index contributed by atoms with van der Waals surface area (Å²) in [5.74, 6) is 0.0605. The Morgan fingerprint density at radius 1 is 1.29 bits per heavy atom. The highest BCUT2D eigenvalue weighted by Gasteiger charge is 2.47. The van der Waals surface area contributed by atoms with Gasteiger partial charge in [0.25, 0.3) is 0 Å². The lowest BCUT2D eigenvalue weighted by molar-refractivity contribution is -0.154. The molecule has 0 aliphatic carbocycles. The zero-order valence-corrected chi connectivity index (χ0v) is 14.7. The summed E-state index contributed by atoms with van der Waals surface area (Å²) in [5, 5.41) is 1.99. The molecule has 7 heteroatoms. The van der Waals surface area contributed by atoms with Gasteiger partial charge in [-0.3, -0.25) is 14.5 Å². The molecule has 0 spiro atoms. The molecule has 1 saturated heterocycles. The number of rotatable bonds is 1. The van der Waals surface area contributed by atoms with Crippen LogP contribution in [0, 0.1) is 0 Å². The maximum absolute atomic E-state index is 12.5. The van der Waals surface area contributed by atoms with Gasteiger partial charge in [-0.25, -0.2) is 0 Å². The highest BCUT2D eigenvalue weighted by atomic mass is 33.1. The zero-order chi connectivity index (χ0) is 15.7. The molecule has 0 radical (unpaired) electrons. The number of hydrogen-bond acceptors (Lipinski definition) is 5. The van der Waals surface area contributed by atoms with Crippen LogP contribution in [-0.4, -0.2) is 40.7 Å². The Kier molecular flexibility index (Phi) is 5.06. The van der Waals surface area contributed by atoms with Crippen LogP contribution in [0.5, 0.6) is 0 Å². The van der Waals surface area contributed by atoms with E-state index in [4.69, 9.17) is 0 Å². The quantitative estimate of drug-likeness (QED) is 0.608. The Morgan fingerprint density at radius 2 is 1.95 bits per heavy atom. The molecule has 2 unspecified atom stereocenters. The van der Waals surface area contributed by atoms with E-state index in [2.05, 4.69) is 23.3 Å². The van der Waals surface area contributed by atoms with Gasteiger partial charge in [0.1, 0.15) is 12.1 Å². The number of thiophene rings is 1. The fourth-order valence-electron chi connectivity index (χ4n) is 2.84. The average molecular weight is 343 g/mol. The van der Waals surface area contributed by atoms with E-state index < -0.39 is 0 Å². The standard InChI is InChI=1S/C14H16N2O2S.H2S2/c1-8-7-10-14(18)15(3)9(2)13(17)16(10)12(8)11-5-4-6-19-11;1-2/h4-6,9-10H,7H2,1-3H3;1-2H. The number of amides is 2. The van der Waals surface area contributed by atoms with E-state index >= 15 is 0 Å². The van der Waals surface area contributed by atoms with E-state index in [9.17, 15) is 9.59 Å². The molecule has 0 N–H and O–H groups in total. The third-order valence-corrected chi connectivity index (χ3v) is 4.90. The van der Waals surface area contributed by atoms with Crippen molar-refractivity contribution in [2.75, 3.05) is 7.05 Å². The Bertz CT molecular complexity index is 583. The molecular formula is C14H18N2O2S3.